The molecule has 2 heterocycles. The number of fused-ring (bicyclic) bond motifs is 1. The van der Waals surface area contributed by atoms with Crippen LogP contribution in [0.2, 0.25) is 0 Å². The number of carbonyl (C=O) groups excluding carboxylic acids is 2. The number of furan rings is 1. The van der Waals surface area contributed by atoms with Gasteiger partial charge in [-0.05, 0) is 24.6 Å². The fourth-order valence-corrected chi connectivity index (χ4v) is 3.23. The Morgan fingerprint density at radius 1 is 1.42 bits per heavy atom. The van der Waals surface area contributed by atoms with Crippen LogP contribution in [0.3, 0.4) is 0 Å². The molecule has 0 bridgehead atoms. The Kier molecular flexibility index (Phi) is 4.69. The first-order chi connectivity index (χ1) is 11.6. The summed E-state index contributed by atoms with van der Waals surface area (Å²) in [7, 11) is 0. The Bertz CT molecular complexity index is 732. The zero-order valence-electron chi connectivity index (χ0n) is 13.9. The van der Waals surface area contributed by atoms with E-state index in [1.165, 1.54) is 6.08 Å². The van der Waals surface area contributed by atoms with E-state index >= 15 is 0 Å². The third kappa shape index (κ3) is 3.20. The van der Waals surface area contributed by atoms with Gasteiger partial charge < -0.3 is 14.2 Å². The minimum Gasteiger partial charge on any atom is -0.459 e. The molecule has 1 unspecified atom stereocenters. The third-order valence-electron chi connectivity index (χ3n) is 4.52. The van der Waals surface area contributed by atoms with Gasteiger partial charge in [-0.2, -0.15) is 0 Å². The van der Waals surface area contributed by atoms with E-state index < -0.39 is 0 Å². The minimum absolute atomic E-state index is 0.000729. The van der Waals surface area contributed by atoms with Crippen molar-refractivity contribution in [2.45, 2.75) is 32.4 Å². The number of nitrogens with zero attached hydrogens (tertiary/aromatic N) is 2. The quantitative estimate of drug-likeness (QED) is 0.794. The maximum absolute atomic E-state index is 12.3. The molecule has 1 aliphatic rings. The van der Waals surface area contributed by atoms with Crippen LogP contribution in [-0.4, -0.2) is 40.7 Å². The average molecular weight is 326 g/mol. The van der Waals surface area contributed by atoms with Crippen molar-refractivity contribution < 1.29 is 14.0 Å². The molecule has 0 radical (unpaired) electrons. The van der Waals surface area contributed by atoms with Gasteiger partial charge in [-0.1, -0.05) is 31.7 Å². The number of hydrogen-bond acceptors (Lipinski definition) is 3. The molecule has 1 aromatic carbocycles. The van der Waals surface area contributed by atoms with Crippen molar-refractivity contribution in [3.8, 4) is 0 Å². The van der Waals surface area contributed by atoms with Crippen LogP contribution >= 0.6 is 0 Å². The van der Waals surface area contributed by atoms with Crippen LogP contribution in [-0.2, 0) is 16.1 Å². The summed E-state index contributed by atoms with van der Waals surface area (Å²) in [6.07, 6.45) is 2.60. The Balaban J connectivity index is 1.78. The molecule has 5 nitrogen and oxygen atoms in total. The molecule has 24 heavy (non-hydrogen) atoms. The molecular weight excluding hydrogens is 304 g/mol. The molecule has 1 atom stereocenters. The Morgan fingerprint density at radius 2 is 2.21 bits per heavy atom. The van der Waals surface area contributed by atoms with E-state index in [9.17, 15) is 9.59 Å². The predicted molar refractivity (Wildman–Crippen MR) is 92.2 cm³/mol. The summed E-state index contributed by atoms with van der Waals surface area (Å²) in [5.74, 6) is 0.741. The third-order valence-corrected chi connectivity index (χ3v) is 4.52. The first kappa shape index (κ1) is 16.3. The number of rotatable bonds is 5. The largest absolute Gasteiger partial charge is 0.459 e. The van der Waals surface area contributed by atoms with E-state index in [0.29, 0.717) is 26.1 Å². The smallest absolute Gasteiger partial charge is 0.246 e. The lowest BCUT2D eigenvalue weighted by atomic mass is 10.2. The van der Waals surface area contributed by atoms with Crippen molar-refractivity contribution in [2.24, 2.45) is 0 Å². The number of hydrogen-bond donors (Lipinski definition) is 0. The summed E-state index contributed by atoms with van der Waals surface area (Å²) in [5, 5.41) is 1.02. The molecule has 1 fully saturated rings. The number of likely N-dealkylation sites (tertiary alicyclic amines) is 1. The van der Waals surface area contributed by atoms with Gasteiger partial charge in [0.1, 0.15) is 11.3 Å². The molecule has 0 saturated carbocycles. The van der Waals surface area contributed by atoms with Gasteiger partial charge in [0.2, 0.25) is 11.8 Å². The fraction of sp³-hybridized carbons (Fsp3) is 0.368. The predicted octanol–water partition coefficient (Wildman–Crippen LogP) is 2.96. The highest BCUT2D eigenvalue weighted by Crippen LogP contribution is 2.23. The Hall–Kier alpha value is -2.56. The fourth-order valence-electron chi connectivity index (χ4n) is 3.23. The summed E-state index contributed by atoms with van der Waals surface area (Å²) in [4.78, 5) is 27.8. The van der Waals surface area contributed by atoms with Crippen LogP contribution in [0.5, 0.6) is 0 Å². The van der Waals surface area contributed by atoms with E-state index in [1.54, 1.807) is 4.90 Å². The number of carbonyl (C=O) groups is 2. The second-order valence-electron chi connectivity index (χ2n) is 6.06. The van der Waals surface area contributed by atoms with Crippen LogP contribution in [0, 0.1) is 0 Å². The summed E-state index contributed by atoms with van der Waals surface area (Å²) in [5.41, 5.74) is 0.813. The molecule has 126 valence electrons. The molecule has 1 aliphatic heterocycles. The monoisotopic (exact) mass is 326 g/mol. The van der Waals surface area contributed by atoms with Crippen molar-refractivity contribution >= 4 is 22.8 Å². The van der Waals surface area contributed by atoms with Gasteiger partial charge in [0.15, 0.2) is 0 Å². The van der Waals surface area contributed by atoms with Crippen molar-refractivity contribution in [3.05, 3.63) is 48.7 Å². The molecule has 5 heteroatoms. The van der Waals surface area contributed by atoms with E-state index in [-0.39, 0.29) is 17.9 Å². The van der Waals surface area contributed by atoms with Crippen molar-refractivity contribution in [1.82, 2.24) is 9.80 Å². The van der Waals surface area contributed by atoms with Crippen molar-refractivity contribution in [2.75, 3.05) is 13.1 Å². The average Bonchev–Trinajstić information content (AvgIpc) is 3.24. The summed E-state index contributed by atoms with van der Waals surface area (Å²) in [6.45, 7) is 7.12. The molecule has 1 aromatic heterocycles. The van der Waals surface area contributed by atoms with E-state index in [1.807, 2.05) is 42.2 Å². The highest BCUT2D eigenvalue weighted by Gasteiger charge is 2.32. The second kappa shape index (κ2) is 6.91. The lowest BCUT2D eigenvalue weighted by Crippen LogP contribution is -2.41. The highest BCUT2D eigenvalue weighted by molar-refractivity contribution is 5.87. The van der Waals surface area contributed by atoms with Gasteiger partial charge >= 0.3 is 0 Å². The highest BCUT2D eigenvalue weighted by atomic mass is 16.3. The van der Waals surface area contributed by atoms with Crippen LogP contribution < -0.4 is 0 Å². The zero-order valence-corrected chi connectivity index (χ0v) is 13.9. The first-order valence-corrected chi connectivity index (χ1v) is 8.30. The van der Waals surface area contributed by atoms with Gasteiger partial charge in [0.05, 0.1) is 12.6 Å². The van der Waals surface area contributed by atoms with Crippen LogP contribution in [0.25, 0.3) is 11.0 Å². The zero-order chi connectivity index (χ0) is 17.1. The van der Waals surface area contributed by atoms with Gasteiger partial charge in [-0.25, -0.2) is 0 Å². The number of para-hydroxylation sites is 1. The molecule has 1 saturated heterocycles. The molecule has 0 N–H and O–H groups in total. The normalized spacial score (nSPS) is 17.2. The molecular formula is C19H22N2O3. The number of benzene rings is 1. The maximum atomic E-state index is 12.3. The molecule has 0 aliphatic carbocycles. The van der Waals surface area contributed by atoms with Crippen LogP contribution in [0.4, 0.5) is 0 Å². The summed E-state index contributed by atoms with van der Waals surface area (Å²) in [6, 6.07) is 9.74. The number of amides is 2. The maximum Gasteiger partial charge on any atom is 0.246 e. The van der Waals surface area contributed by atoms with E-state index in [4.69, 9.17) is 4.42 Å². The molecule has 0 spiro atoms. The summed E-state index contributed by atoms with van der Waals surface area (Å²) >= 11 is 0. The lowest BCUT2D eigenvalue weighted by molar-refractivity contribution is -0.132. The standard InChI is InChI=1S/C19H22N2O3/c1-3-18(22)20-10-9-15(12-20)21(19(23)4-2)13-16-11-14-7-5-6-8-17(14)24-16/h4-8,11,15H,2-3,9-10,12-13H2,1H3. The Morgan fingerprint density at radius 3 is 2.92 bits per heavy atom. The van der Waals surface area contributed by atoms with Gasteiger partial charge in [-0.3, -0.25) is 9.59 Å². The Labute approximate surface area is 141 Å². The topological polar surface area (TPSA) is 53.8 Å². The summed E-state index contributed by atoms with van der Waals surface area (Å²) < 4.78 is 5.84. The minimum atomic E-state index is -0.133. The molecule has 2 amide bonds. The SMILES string of the molecule is C=CC(=O)N(Cc1cc2ccccc2o1)C1CCN(C(=O)CC)C1. The second-order valence-corrected chi connectivity index (χ2v) is 6.06. The molecule has 3 rings (SSSR count). The lowest BCUT2D eigenvalue weighted by Gasteiger charge is -2.27. The van der Waals surface area contributed by atoms with E-state index in [0.717, 1.165) is 23.2 Å². The molecule has 2 aromatic rings. The first-order valence-electron chi connectivity index (χ1n) is 8.30. The van der Waals surface area contributed by atoms with Gasteiger partial charge in [0.25, 0.3) is 0 Å². The van der Waals surface area contributed by atoms with Crippen molar-refractivity contribution in [3.63, 3.8) is 0 Å². The van der Waals surface area contributed by atoms with Crippen LogP contribution in [0.1, 0.15) is 25.5 Å². The van der Waals surface area contributed by atoms with Gasteiger partial charge in [-0.15, -0.1) is 0 Å². The van der Waals surface area contributed by atoms with E-state index in [2.05, 4.69) is 6.58 Å². The van der Waals surface area contributed by atoms with Gasteiger partial charge in [0, 0.05) is 24.9 Å². The van der Waals surface area contributed by atoms with Crippen LogP contribution in [0.15, 0.2) is 47.4 Å². The van der Waals surface area contributed by atoms with Crippen molar-refractivity contribution in [1.29, 1.82) is 0 Å².